The number of nitrogens with one attached hydrogen (secondary N) is 1. The first-order valence-electron chi connectivity index (χ1n) is 5.08. The molecule has 15 heavy (non-hydrogen) atoms. The van der Waals surface area contributed by atoms with Gasteiger partial charge in [0.25, 0.3) is 0 Å². The lowest BCUT2D eigenvalue weighted by Gasteiger charge is -2.30. The van der Waals surface area contributed by atoms with E-state index in [1.165, 1.54) is 4.90 Å². The van der Waals surface area contributed by atoms with Gasteiger partial charge in [-0.3, -0.25) is 4.79 Å². The second-order valence-corrected chi connectivity index (χ2v) is 3.66. The molecule has 84 valence electrons. The maximum atomic E-state index is 11.6. The van der Waals surface area contributed by atoms with Crippen molar-refractivity contribution in [3.63, 3.8) is 0 Å². The Morgan fingerprint density at radius 2 is 2.33 bits per heavy atom. The molecule has 3 N–H and O–H groups in total. The molecule has 1 atom stereocenters. The first-order chi connectivity index (χ1) is 7.15. The van der Waals surface area contributed by atoms with Crippen LogP contribution in [-0.2, 0) is 4.79 Å². The minimum absolute atomic E-state index is 0.0270. The monoisotopic (exact) mass is 211 g/mol. The highest BCUT2D eigenvalue weighted by Crippen LogP contribution is 2.16. The van der Waals surface area contributed by atoms with Crippen LogP contribution in [0.25, 0.3) is 0 Å². The third-order valence-corrected chi connectivity index (χ3v) is 2.52. The standard InChI is InChI=1S/C10H17N3O2/c1-2-5-12-9(14)8-4-3-6-13(7-8)10(11)15/h2,8H,1,3-7H2,(H2,11,15)(H,12,14). The molecular formula is C10H17N3O2. The molecule has 0 aromatic rings. The number of carbonyl (C=O) groups excluding carboxylic acids is 2. The van der Waals surface area contributed by atoms with Crippen LogP contribution in [0.2, 0.25) is 0 Å². The van der Waals surface area contributed by atoms with Gasteiger partial charge in [-0.2, -0.15) is 0 Å². The number of carbonyl (C=O) groups is 2. The topological polar surface area (TPSA) is 75.4 Å². The highest BCUT2D eigenvalue weighted by atomic mass is 16.2. The van der Waals surface area contributed by atoms with Gasteiger partial charge < -0.3 is 16.0 Å². The van der Waals surface area contributed by atoms with Crippen LogP contribution in [0.3, 0.4) is 0 Å². The molecule has 1 unspecified atom stereocenters. The molecule has 1 heterocycles. The van der Waals surface area contributed by atoms with Crippen molar-refractivity contribution in [3.05, 3.63) is 12.7 Å². The zero-order valence-corrected chi connectivity index (χ0v) is 8.74. The van der Waals surface area contributed by atoms with Crippen LogP contribution < -0.4 is 11.1 Å². The maximum Gasteiger partial charge on any atom is 0.314 e. The van der Waals surface area contributed by atoms with Crippen molar-refractivity contribution >= 4 is 11.9 Å². The number of nitrogens with zero attached hydrogens (tertiary/aromatic N) is 1. The smallest absolute Gasteiger partial charge is 0.314 e. The minimum atomic E-state index is -0.448. The van der Waals surface area contributed by atoms with Crippen LogP contribution in [0.4, 0.5) is 4.79 Å². The number of likely N-dealkylation sites (tertiary alicyclic amines) is 1. The number of hydrogen-bond acceptors (Lipinski definition) is 2. The van der Waals surface area contributed by atoms with Crippen LogP contribution in [0.15, 0.2) is 12.7 Å². The number of nitrogens with two attached hydrogens (primary N) is 1. The van der Waals surface area contributed by atoms with E-state index in [0.29, 0.717) is 19.6 Å². The molecule has 0 bridgehead atoms. The average Bonchev–Trinajstić information content (AvgIpc) is 2.26. The lowest BCUT2D eigenvalue weighted by molar-refractivity contribution is -0.126. The Hall–Kier alpha value is -1.52. The molecule has 0 spiro atoms. The molecular weight excluding hydrogens is 194 g/mol. The van der Waals surface area contributed by atoms with Crippen molar-refractivity contribution in [3.8, 4) is 0 Å². The van der Waals surface area contributed by atoms with E-state index < -0.39 is 6.03 Å². The molecule has 5 nitrogen and oxygen atoms in total. The van der Waals surface area contributed by atoms with Gasteiger partial charge >= 0.3 is 6.03 Å². The van der Waals surface area contributed by atoms with Gasteiger partial charge in [0, 0.05) is 19.6 Å². The Morgan fingerprint density at radius 3 is 2.93 bits per heavy atom. The zero-order valence-electron chi connectivity index (χ0n) is 8.74. The summed E-state index contributed by atoms with van der Waals surface area (Å²) in [5.41, 5.74) is 5.17. The quantitative estimate of drug-likeness (QED) is 0.649. The fourth-order valence-corrected chi connectivity index (χ4v) is 1.71. The number of amides is 3. The van der Waals surface area contributed by atoms with Crippen LogP contribution in [0.5, 0.6) is 0 Å². The van der Waals surface area contributed by atoms with Gasteiger partial charge in [0.1, 0.15) is 0 Å². The van der Waals surface area contributed by atoms with Gasteiger partial charge in [-0.25, -0.2) is 4.79 Å². The van der Waals surface area contributed by atoms with Crippen LogP contribution >= 0.6 is 0 Å². The lowest BCUT2D eigenvalue weighted by Crippen LogP contribution is -2.47. The van der Waals surface area contributed by atoms with E-state index in [9.17, 15) is 9.59 Å². The normalized spacial score (nSPS) is 20.8. The summed E-state index contributed by atoms with van der Waals surface area (Å²) in [7, 11) is 0. The summed E-state index contributed by atoms with van der Waals surface area (Å²) >= 11 is 0. The predicted octanol–water partition coefficient (Wildman–Crippen LogP) is 0.0793. The van der Waals surface area contributed by atoms with Gasteiger partial charge in [0.2, 0.25) is 5.91 Å². The third kappa shape index (κ3) is 3.27. The third-order valence-electron chi connectivity index (χ3n) is 2.52. The summed E-state index contributed by atoms with van der Waals surface area (Å²) < 4.78 is 0. The summed E-state index contributed by atoms with van der Waals surface area (Å²) in [6.45, 7) is 5.07. The van der Waals surface area contributed by atoms with E-state index in [1.807, 2.05) is 0 Å². The Bertz CT molecular complexity index is 265. The molecule has 1 aliphatic heterocycles. The number of primary amides is 1. The zero-order chi connectivity index (χ0) is 11.3. The van der Waals surface area contributed by atoms with Crippen molar-refractivity contribution in [2.75, 3.05) is 19.6 Å². The average molecular weight is 211 g/mol. The molecule has 0 aliphatic carbocycles. The first-order valence-corrected chi connectivity index (χ1v) is 5.08. The van der Waals surface area contributed by atoms with Crippen molar-refractivity contribution in [1.29, 1.82) is 0 Å². The summed E-state index contributed by atoms with van der Waals surface area (Å²) in [5.74, 6) is -0.160. The summed E-state index contributed by atoms with van der Waals surface area (Å²) in [4.78, 5) is 24.0. The molecule has 0 radical (unpaired) electrons. The van der Waals surface area contributed by atoms with Gasteiger partial charge in [-0.15, -0.1) is 6.58 Å². The summed E-state index contributed by atoms with van der Waals surface area (Å²) in [5, 5.41) is 2.73. The lowest BCUT2D eigenvalue weighted by atomic mass is 9.97. The fraction of sp³-hybridized carbons (Fsp3) is 0.600. The van der Waals surface area contributed by atoms with E-state index in [0.717, 1.165) is 12.8 Å². The molecule has 3 amide bonds. The molecule has 0 aromatic carbocycles. The van der Waals surface area contributed by atoms with E-state index in [2.05, 4.69) is 11.9 Å². The largest absolute Gasteiger partial charge is 0.352 e. The Balaban J connectivity index is 2.44. The Labute approximate surface area is 89.3 Å². The van der Waals surface area contributed by atoms with E-state index >= 15 is 0 Å². The number of hydrogen-bond donors (Lipinski definition) is 2. The van der Waals surface area contributed by atoms with E-state index in [1.54, 1.807) is 6.08 Å². The van der Waals surface area contributed by atoms with E-state index in [4.69, 9.17) is 5.73 Å². The second-order valence-electron chi connectivity index (χ2n) is 3.66. The van der Waals surface area contributed by atoms with Crippen molar-refractivity contribution in [2.24, 2.45) is 11.7 Å². The molecule has 1 aliphatic rings. The maximum absolute atomic E-state index is 11.6. The highest BCUT2D eigenvalue weighted by molar-refractivity contribution is 5.80. The second kappa shape index (κ2) is 5.38. The van der Waals surface area contributed by atoms with Gasteiger partial charge in [-0.1, -0.05) is 6.08 Å². The minimum Gasteiger partial charge on any atom is -0.352 e. The summed E-state index contributed by atoms with van der Waals surface area (Å²) in [6, 6.07) is -0.448. The molecule has 1 fully saturated rings. The van der Waals surface area contributed by atoms with Crippen LogP contribution in [0, 0.1) is 5.92 Å². The van der Waals surface area contributed by atoms with Crippen LogP contribution in [0.1, 0.15) is 12.8 Å². The number of piperidine rings is 1. The van der Waals surface area contributed by atoms with Crippen molar-refractivity contribution < 1.29 is 9.59 Å². The highest BCUT2D eigenvalue weighted by Gasteiger charge is 2.26. The number of urea groups is 1. The molecule has 0 saturated carbocycles. The molecule has 1 rings (SSSR count). The number of rotatable bonds is 3. The van der Waals surface area contributed by atoms with Gasteiger partial charge in [0.05, 0.1) is 5.92 Å². The Kier molecular flexibility index (Phi) is 4.15. The van der Waals surface area contributed by atoms with Gasteiger partial charge in [-0.05, 0) is 12.8 Å². The SMILES string of the molecule is C=CCNC(=O)C1CCCN(C(N)=O)C1. The Morgan fingerprint density at radius 1 is 1.60 bits per heavy atom. The van der Waals surface area contributed by atoms with Crippen molar-refractivity contribution in [2.45, 2.75) is 12.8 Å². The van der Waals surface area contributed by atoms with Crippen molar-refractivity contribution in [1.82, 2.24) is 10.2 Å². The summed E-state index contributed by atoms with van der Waals surface area (Å²) in [6.07, 6.45) is 3.27. The molecule has 1 saturated heterocycles. The predicted molar refractivity (Wildman–Crippen MR) is 57.1 cm³/mol. The van der Waals surface area contributed by atoms with E-state index in [-0.39, 0.29) is 11.8 Å². The molecule has 0 aromatic heterocycles. The molecule has 5 heteroatoms. The first kappa shape index (κ1) is 11.6. The fourth-order valence-electron chi connectivity index (χ4n) is 1.71. The van der Waals surface area contributed by atoms with Crippen LogP contribution in [-0.4, -0.2) is 36.5 Å². The van der Waals surface area contributed by atoms with Gasteiger partial charge in [0.15, 0.2) is 0 Å².